The summed E-state index contributed by atoms with van der Waals surface area (Å²) in [5, 5.41) is 21.0. The summed E-state index contributed by atoms with van der Waals surface area (Å²) >= 11 is 0. The van der Waals surface area contributed by atoms with Gasteiger partial charge in [0.1, 0.15) is 11.4 Å². The van der Waals surface area contributed by atoms with E-state index in [0.29, 0.717) is 5.69 Å². The van der Waals surface area contributed by atoms with E-state index in [2.05, 4.69) is 27.0 Å². The van der Waals surface area contributed by atoms with Gasteiger partial charge >= 0.3 is 0 Å². The summed E-state index contributed by atoms with van der Waals surface area (Å²) in [6, 6.07) is 3.42. The topological polar surface area (TPSA) is 72.2 Å². The predicted molar refractivity (Wildman–Crippen MR) is 86.8 cm³/mol. The molecule has 6 heteroatoms. The highest BCUT2D eigenvalue weighted by Gasteiger charge is 2.12. The quantitative estimate of drug-likeness (QED) is 0.346. The molecule has 1 aliphatic rings. The Balaban J connectivity index is 1.65. The first-order valence-electron chi connectivity index (χ1n) is 7.96. The highest BCUT2D eigenvalue weighted by molar-refractivity contribution is 5.80. The minimum absolute atomic E-state index is 0.0385. The van der Waals surface area contributed by atoms with Crippen molar-refractivity contribution in [2.75, 3.05) is 39.8 Å². The number of likely N-dealkylation sites (N-methyl/N-ethyl adjacent to an activating group) is 1. The lowest BCUT2D eigenvalue weighted by Gasteiger charge is -2.32. The fraction of sp³-hybridized carbons (Fsp3) is 0.625. The number of pyridine rings is 1. The Morgan fingerprint density at radius 3 is 2.68 bits per heavy atom. The second-order valence-corrected chi connectivity index (χ2v) is 5.91. The minimum atomic E-state index is 0.0385. The molecule has 6 nitrogen and oxygen atoms in total. The number of oxime groups is 1. The van der Waals surface area contributed by atoms with Crippen molar-refractivity contribution in [3.05, 3.63) is 23.5 Å². The zero-order valence-corrected chi connectivity index (χ0v) is 13.3. The third-order valence-electron chi connectivity index (χ3n) is 4.14. The van der Waals surface area contributed by atoms with Crippen LogP contribution in [0.5, 0.6) is 5.75 Å². The summed E-state index contributed by atoms with van der Waals surface area (Å²) in [6.45, 7) is 5.89. The molecule has 1 aromatic heterocycles. The lowest BCUT2D eigenvalue weighted by molar-refractivity contribution is 0.152. The van der Waals surface area contributed by atoms with Gasteiger partial charge in [-0.2, -0.15) is 0 Å². The summed E-state index contributed by atoms with van der Waals surface area (Å²) in [4.78, 5) is 9.19. The summed E-state index contributed by atoms with van der Waals surface area (Å²) < 4.78 is 0. The van der Waals surface area contributed by atoms with Gasteiger partial charge in [0.25, 0.3) is 0 Å². The molecular formula is C16H26N4O2. The van der Waals surface area contributed by atoms with E-state index in [1.807, 2.05) is 6.07 Å². The fourth-order valence-electron chi connectivity index (χ4n) is 2.69. The zero-order valence-electron chi connectivity index (χ0n) is 13.3. The van der Waals surface area contributed by atoms with Crippen LogP contribution in [0.1, 0.15) is 30.7 Å². The molecule has 2 rings (SSSR count). The number of hydrogen-bond acceptors (Lipinski definition) is 6. The van der Waals surface area contributed by atoms with E-state index in [1.165, 1.54) is 45.6 Å². The van der Waals surface area contributed by atoms with Gasteiger partial charge in [0, 0.05) is 31.9 Å². The Bertz CT molecular complexity index is 485. The average molecular weight is 306 g/mol. The van der Waals surface area contributed by atoms with Crippen LogP contribution in [-0.2, 0) is 6.42 Å². The number of aromatic nitrogens is 1. The van der Waals surface area contributed by atoms with Gasteiger partial charge in [-0.25, -0.2) is 4.98 Å². The van der Waals surface area contributed by atoms with E-state index >= 15 is 0 Å². The Hall–Kier alpha value is -1.66. The van der Waals surface area contributed by atoms with Crippen LogP contribution < -0.4 is 0 Å². The molecule has 1 saturated heterocycles. The van der Waals surface area contributed by atoms with Gasteiger partial charge in [-0.1, -0.05) is 11.6 Å². The van der Waals surface area contributed by atoms with Gasteiger partial charge in [0.2, 0.25) is 0 Å². The molecule has 0 aromatic carbocycles. The molecule has 0 spiro atoms. The van der Waals surface area contributed by atoms with Crippen molar-refractivity contribution >= 4 is 6.21 Å². The third-order valence-corrected chi connectivity index (χ3v) is 4.14. The van der Waals surface area contributed by atoms with Crippen LogP contribution in [-0.4, -0.2) is 71.1 Å². The van der Waals surface area contributed by atoms with Crippen LogP contribution in [0.3, 0.4) is 0 Å². The Labute approximate surface area is 132 Å². The molecule has 1 aliphatic heterocycles. The second-order valence-electron chi connectivity index (χ2n) is 5.91. The summed E-state index contributed by atoms with van der Waals surface area (Å²) in [7, 11) is 2.18. The minimum Gasteiger partial charge on any atom is -0.506 e. The van der Waals surface area contributed by atoms with Crippen LogP contribution in [0.25, 0.3) is 0 Å². The number of nitrogens with zero attached hydrogens (tertiary/aromatic N) is 4. The highest BCUT2D eigenvalue weighted by atomic mass is 16.4. The van der Waals surface area contributed by atoms with Gasteiger partial charge in [-0.15, -0.1) is 0 Å². The second kappa shape index (κ2) is 8.70. The molecule has 0 unspecified atom stereocenters. The largest absolute Gasteiger partial charge is 0.506 e. The van der Waals surface area contributed by atoms with Crippen molar-refractivity contribution < 1.29 is 10.3 Å². The lowest BCUT2D eigenvalue weighted by Crippen LogP contribution is -2.44. The van der Waals surface area contributed by atoms with E-state index in [4.69, 9.17) is 5.21 Å². The molecule has 1 aromatic rings. The molecule has 2 heterocycles. The van der Waals surface area contributed by atoms with Crippen LogP contribution >= 0.6 is 0 Å². The number of rotatable bonds is 7. The monoisotopic (exact) mass is 306 g/mol. The van der Waals surface area contributed by atoms with Crippen molar-refractivity contribution in [3.8, 4) is 5.75 Å². The molecule has 0 atom stereocenters. The van der Waals surface area contributed by atoms with Gasteiger partial charge in [0.05, 0.1) is 6.21 Å². The molecular weight excluding hydrogens is 280 g/mol. The van der Waals surface area contributed by atoms with Crippen LogP contribution in [0.2, 0.25) is 0 Å². The van der Waals surface area contributed by atoms with Crippen LogP contribution in [0.4, 0.5) is 0 Å². The van der Waals surface area contributed by atoms with Crippen LogP contribution in [0, 0.1) is 0 Å². The highest BCUT2D eigenvalue weighted by Crippen LogP contribution is 2.14. The smallest absolute Gasteiger partial charge is 0.142 e. The van der Waals surface area contributed by atoms with E-state index < -0.39 is 0 Å². The maximum absolute atomic E-state index is 9.56. The van der Waals surface area contributed by atoms with E-state index in [0.717, 1.165) is 24.8 Å². The first kappa shape index (κ1) is 16.7. The molecule has 0 aliphatic carbocycles. The molecule has 2 N–H and O–H groups in total. The van der Waals surface area contributed by atoms with E-state index in [-0.39, 0.29) is 5.75 Å². The maximum Gasteiger partial charge on any atom is 0.142 e. The summed E-state index contributed by atoms with van der Waals surface area (Å²) in [5.74, 6) is 0.0385. The predicted octanol–water partition coefficient (Wildman–Crippen LogP) is 1.56. The molecule has 122 valence electrons. The SMILES string of the molecule is CN1CCN(CCCCCc2ccc(O)c(C=NO)n2)CC1. The lowest BCUT2D eigenvalue weighted by atomic mass is 10.1. The zero-order chi connectivity index (χ0) is 15.8. The Morgan fingerprint density at radius 2 is 1.95 bits per heavy atom. The molecule has 0 saturated carbocycles. The number of aromatic hydroxyl groups is 1. The van der Waals surface area contributed by atoms with E-state index in [9.17, 15) is 5.11 Å². The van der Waals surface area contributed by atoms with Crippen molar-refractivity contribution in [1.29, 1.82) is 0 Å². The van der Waals surface area contributed by atoms with E-state index in [1.54, 1.807) is 6.07 Å². The molecule has 22 heavy (non-hydrogen) atoms. The van der Waals surface area contributed by atoms with Gasteiger partial charge in [-0.3, -0.25) is 0 Å². The number of unbranched alkanes of at least 4 members (excludes halogenated alkanes) is 2. The average Bonchev–Trinajstić information content (AvgIpc) is 2.52. The number of hydrogen-bond donors (Lipinski definition) is 2. The first-order valence-corrected chi connectivity index (χ1v) is 7.96. The molecule has 0 radical (unpaired) electrons. The first-order chi connectivity index (χ1) is 10.7. The van der Waals surface area contributed by atoms with Gasteiger partial charge < -0.3 is 20.1 Å². The van der Waals surface area contributed by atoms with Gasteiger partial charge in [0.15, 0.2) is 0 Å². The molecule has 0 bridgehead atoms. The summed E-state index contributed by atoms with van der Waals surface area (Å²) in [5.41, 5.74) is 1.24. The Morgan fingerprint density at radius 1 is 1.18 bits per heavy atom. The number of piperazine rings is 1. The van der Waals surface area contributed by atoms with Crippen molar-refractivity contribution in [3.63, 3.8) is 0 Å². The van der Waals surface area contributed by atoms with Gasteiger partial charge in [-0.05, 0) is 45.0 Å². The fourth-order valence-corrected chi connectivity index (χ4v) is 2.69. The van der Waals surface area contributed by atoms with Crippen molar-refractivity contribution in [1.82, 2.24) is 14.8 Å². The third kappa shape index (κ3) is 5.27. The maximum atomic E-state index is 9.56. The summed E-state index contributed by atoms with van der Waals surface area (Å²) in [6.07, 6.45) is 5.52. The van der Waals surface area contributed by atoms with Crippen LogP contribution in [0.15, 0.2) is 17.3 Å². The molecule has 1 fully saturated rings. The van der Waals surface area contributed by atoms with Crippen molar-refractivity contribution in [2.24, 2.45) is 5.16 Å². The normalized spacial score (nSPS) is 17.3. The van der Waals surface area contributed by atoms with Crippen molar-refractivity contribution in [2.45, 2.75) is 25.7 Å². The number of aryl methyl sites for hydroxylation is 1. The standard InChI is InChI=1S/C16H26N4O2/c1-19-9-11-20(12-10-19)8-4-2-3-5-14-6-7-16(21)15(18-14)13-17-22/h6-7,13,21-22H,2-5,8-12H2,1H3. The molecule has 0 amide bonds. The Kier molecular flexibility index (Phi) is 6.61.